The van der Waals surface area contributed by atoms with Gasteiger partial charge in [0.15, 0.2) is 0 Å². The highest BCUT2D eigenvalue weighted by atomic mass is 16.2. The summed E-state index contributed by atoms with van der Waals surface area (Å²) in [7, 11) is 0. The summed E-state index contributed by atoms with van der Waals surface area (Å²) in [6.45, 7) is 4.67. The average molecular weight is 201 g/mol. The molecule has 1 aliphatic heterocycles. The van der Waals surface area contributed by atoms with Crippen LogP contribution < -0.4 is 0 Å². The van der Waals surface area contributed by atoms with E-state index in [0.29, 0.717) is 6.42 Å². The molecule has 0 radical (unpaired) electrons. The van der Waals surface area contributed by atoms with E-state index >= 15 is 0 Å². The predicted octanol–water partition coefficient (Wildman–Crippen LogP) is 2.54. The lowest BCUT2D eigenvalue weighted by molar-refractivity contribution is -0.129. The Hall–Kier alpha value is -1.57. The number of carbonyl (C=O) groups is 1. The van der Waals surface area contributed by atoms with Crippen LogP contribution in [0.5, 0.6) is 0 Å². The third kappa shape index (κ3) is 1.94. The molecule has 1 atom stereocenters. The molecule has 2 rings (SSSR count). The molecular weight excluding hydrogens is 186 g/mol. The summed E-state index contributed by atoms with van der Waals surface area (Å²) in [5.74, 6) is 0.240. The van der Waals surface area contributed by atoms with Crippen molar-refractivity contribution in [3.05, 3.63) is 48.6 Å². The zero-order valence-electron chi connectivity index (χ0n) is 8.73. The number of rotatable bonds is 3. The summed E-state index contributed by atoms with van der Waals surface area (Å²) >= 11 is 0. The first-order valence-electron chi connectivity index (χ1n) is 5.30. The Kier molecular flexibility index (Phi) is 2.86. The zero-order valence-corrected chi connectivity index (χ0v) is 8.73. The monoisotopic (exact) mass is 201 g/mol. The van der Waals surface area contributed by atoms with Gasteiger partial charge in [0.05, 0.1) is 6.04 Å². The van der Waals surface area contributed by atoms with Crippen LogP contribution in [0.25, 0.3) is 0 Å². The molecule has 2 nitrogen and oxygen atoms in total. The smallest absolute Gasteiger partial charge is 0.223 e. The SMILES string of the molecule is C=CC(c1ccccc1)N1CCCC1=O. The molecule has 0 aliphatic carbocycles. The van der Waals surface area contributed by atoms with Crippen LogP contribution in [-0.2, 0) is 4.79 Å². The Balaban J connectivity index is 2.24. The highest BCUT2D eigenvalue weighted by molar-refractivity contribution is 5.78. The number of nitrogens with zero attached hydrogens (tertiary/aromatic N) is 1. The van der Waals surface area contributed by atoms with E-state index in [1.54, 1.807) is 0 Å². The Bertz CT molecular complexity index is 358. The van der Waals surface area contributed by atoms with Crippen molar-refractivity contribution in [2.75, 3.05) is 6.54 Å². The van der Waals surface area contributed by atoms with Crippen molar-refractivity contribution in [3.8, 4) is 0 Å². The predicted molar refractivity (Wildman–Crippen MR) is 60.3 cm³/mol. The summed E-state index contributed by atoms with van der Waals surface area (Å²) in [6.07, 6.45) is 3.49. The molecular formula is C13H15NO. The molecule has 0 aromatic heterocycles. The van der Waals surface area contributed by atoms with E-state index < -0.39 is 0 Å². The van der Waals surface area contributed by atoms with Crippen LogP contribution in [0.2, 0.25) is 0 Å². The summed E-state index contributed by atoms with van der Waals surface area (Å²) in [5.41, 5.74) is 1.14. The van der Waals surface area contributed by atoms with Gasteiger partial charge in [0.1, 0.15) is 0 Å². The van der Waals surface area contributed by atoms with Crippen molar-refractivity contribution >= 4 is 5.91 Å². The third-order valence-electron chi connectivity index (χ3n) is 2.81. The van der Waals surface area contributed by atoms with E-state index in [2.05, 4.69) is 6.58 Å². The van der Waals surface area contributed by atoms with E-state index in [1.165, 1.54) is 0 Å². The van der Waals surface area contributed by atoms with Gasteiger partial charge in [-0.3, -0.25) is 4.79 Å². The second kappa shape index (κ2) is 4.30. The van der Waals surface area contributed by atoms with E-state index in [9.17, 15) is 4.79 Å². The van der Waals surface area contributed by atoms with Gasteiger partial charge in [-0.1, -0.05) is 36.4 Å². The fourth-order valence-electron chi connectivity index (χ4n) is 2.06. The van der Waals surface area contributed by atoms with Crippen LogP contribution in [0.15, 0.2) is 43.0 Å². The van der Waals surface area contributed by atoms with E-state index in [-0.39, 0.29) is 11.9 Å². The van der Waals surface area contributed by atoms with Crippen LogP contribution in [0, 0.1) is 0 Å². The van der Waals surface area contributed by atoms with Crippen LogP contribution in [0.3, 0.4) is 0 Å². The first-order chi connectivity index (χ1) is 7.33. The maximum Gasteiger partial charge on any atom is 0.223 e. The number of carbonyl (C=O) groups excluding carboxylic acids is 1. The number of likely N-dealkylation sites (tertiary alicyclic amines) is 1. The fraction of sp³-hybridized carbons (Fsp3) is 0.308. The number of hydrogen-bond acceptors (Lipinski definition) is 1. The lowest BCUT2D eigenvalue weighted by Crippen LogP contribution is -2.28. The molecule has 0 bridgehead atoms. The highest BCUT2D eigenvalue weighted by Gasteiger charge is 2.26. The van der Waals surface area contributed by atoms with Crippen molar-refractivity contribution in [2.45, 2.75) is 18.9 Å². The summed E-state index contributed by atoms with van der Waals surface area (Å²) in [6, 6.07) is 10.1. The molecule has 1 heterocycles. The third-order valence-corrected chi connectivity index (χ3v) is 2.81. The lowest BCUT2D eigenvalue weighted by Gasteiger charge is -2.25. The van der Waals surface area contributed by atoms with E-state index in [0.717, 1.165) is 18.5 Å². The largest absolute Gasteiger partial charge is 0.332 e. The maximum absolute atomic E-state index is 11.6. The second-order valence-electron chi connectivity index (χ2n) is 3.78. The second-order valence-corrected chi connectivity index (χ2v) is 3.78. The lowest BCUT2D eigenvalue weighted by atomic mass is 10.1. The first kappa shape index (κ1) is 9.97. The molecule has 78 valence electrons. The van der Waals surface area contributed by atoms with Crippen LogP contribution in [-0.4, -0.2) is 17.4 Å². The minimum absolute atomic E-state index is 0.0428. The molecule has 1 amide bonds. The minimum atomic E-state index is 0.0428. The Labute approximate surface area is 90.2 Å². The quantitative estimate of drug-likeness (QED) is 0.688. The van der Waals surface area contributed by atoms with E-state index in [1.807, 2.05) is 41.3 Å². The van der Waals surface area contributed by atoms with Crippen molar-refractivity contribution in [1.82, 2.24) is 4.90 Å². The number of hydrogen-bond donors (Lipinski definition) is 0. The Morgan fingerprint density at radius 3 is 2.60 bits per heavy atom. The standard InChI is InChI=1S/C13H15NO/c1-2-12(11-7-4-3-5-8-11)14-10-6-9-13(14)15/h2-5,7-8,12H,1,6,9-10H2. The molecule has 1 unspecified atom stereocenters. The topological polar surface area (TPSA) is 20.3 Å². The Morgan fingerprint density at radius 1 is 1.33 bits per heavy atom. The molecule has 1 aromatic rings. The van der Waals surface area contributed by atoms with Gasteiger partial charge in [0.25, 0.3) is 0 Å². The van der Waals surface area contributed by atoms with Crippen molar-refractivity contribution in [1.29, 1.82) is 0 Å². The van der Waals surface area contributed by atoms with Gasteiger partial charge >= 0.3 is 0 Å². The average Bonchev–Trinajstić information content (AvgIpc) is 2.68. The number of amides is 1. The molecule has 0 spiro atoms. The molecule has 0 N–H and O–H groups in total. The molecule has 1 fully saturated rings. The van der Waals surface area contributed by atoms with Crippen LogP contribution >= 0.6 is 0 Å². The van der Waals surface area contributed by atoms with Crippen molar-refractivity contribution in [2.24, 2.45) is 0 Å². The molecule has 2 heteroatoms. The summed E-state index contributed by atoms with van der Waals surface area (Å²) < 4.78 is 0. The van der Waals surface area contributed by atoms with Gasteiger partial charge in [0.2, 0.25) is 5.91 Å². The normalized spacial score (nSPS) is 17.9. The minimum Gasteiger partial charge on any atom is -0.332 e. The molecule has 1 aromatic carbocycles. The molecule has 15 heavy (non-hydrogen) atoms. The molecule has 1 saturated heterocycles. The van der Waals surface area contributed by atoms with Gasteiger partial charge in [-0.25, -0.2) is 0 Å². The maximum atomic E-state index is 11.6. The van der Waals surface area contributed by atoms with Gasteiger partial charge in [-0.05, 0) is 12.0 Å². The fourth-order valence-corrected chi connectivity index (χ4v) is 2.06. The summed E-state index contributed by atoms with van der Waals surface area (Å²) in [4.78, 5) is 13.5. The van der Waals surface area contributed by atoms with Gasteiger partial charge < -0.3 is 4.90 Å². The first-order valence-corrected chi connectivity index (χ1v) is 5.30. The van der Waals surface area contributed by atoms with Crippen molar-refractivity contribution in [3.63, 3.8) is 0 Å². The zero-order chi connectivity index (χ0) is 10.7. The van der Waals surface area contributed by atoms with Gasteiger partial charge in [0, 0.05) is 13.0 Å². The van der Waals surface area contributed by atoms with E-state index in [4.69, 9.17) is 0 Å². The van der Waals surface area contributed by atoms with Gasteiger partial charge in [-0.2, -0.15) is 0 Å². The number of benzene rings is 1. The van der Waals surface area contributed by atoms with Gasteiger partial charge in [-0.15, -0.1) is 6.58 Å². The Morgan fingerprint density at radius 2 is 2.07 bits per heavy atom. The molecule has 0 saturated carbocycles. The molecule has 1 aliphatic rings. The van der Waals surface area contributed by atoms with Crippen LogP contribution in [0.1, 0.15) is 24.4 Å². The highest BCUT2D eigenvalue weighted by Crippen LogP contribution is 2.26. The van der Waals surface area contributed by atoms with Crippen molar-refractivity contribution < 1.29 is 4.79 Å². The van der Waals surface area contributed by atoms with Crippen LogP contribution in [0.4, 0.5) is 0 Å². The summed E-state index contributed by atoms with van der Waals surface area (Å²) in [5, 5.41) is 0.